The maximum absolute atomic E-state index is 12.6. The van der Waals surface area contributed by atoms with Crippen molar-refractivity contribution in [3.8, 4) is 12.3 Å². The van der Waals surface area contributed by atoms with E-state index in [-0.39, 0.29) is 25.9 Å². The lowest BCUT2D eigenvalue weighted by atomic mass is 10.2. The number of carbonyl (C=O) groups excluding carboxylic acids is 2. The molecule has 140 valence electrons. The van der Waals surface area contributed by atoms with Crippen LogP contribution in [-0.2, 0) is 25.6 Å². The third kappa shape index (κ3) is 5.78. The van der Waals surface area contributed by atoms with E-state index in [0.717, 1.165) is 5.56 Å². The molecule has 2 rings (SSSR count). The van der Waals surface area contributed by atoms with Crippen LogP contribution in [0.5, 0.6) is 0 Å². The van der Waals surface area contributed by atoms with Gasteiger partial charge in [-0.25, -0.2) is 9.59 Å². The van der Waals surface area contributed by atoms with Crippen molar-refractivity contribution in [3.63, 3.8) is 0 Å². The molecule has 0 unspecified atom stereocenters. The van der Waals surface area contributed by atoms with Gasteiger partial charge in [-0.2, -0.15) is 0 Å². The molecule has 0 aromatic heterocycles. The third-order valence-electron chi connectivity index (χ3n) is 3.79. The quantitative estimate of drug-likeness (QED) is 0.597. The Kier molecular flexibility index (Phi) is 6.64. The van der Waals surface area contributed by atoms with Crippen LogP contribution in [0.2, 0.25) is 0 Å². The molecule has 1 saturated heterocycles. The van der Waals surface area contributed by atoms with E-state index in [9.17, 15) is 9.59 Å². The third-order valence-corrected chi connectivity index (χ3v) is 3.79. The van der Waals surface area contributed by atoms with E-state index in [4.69, 9.17) is 20.6 Å². The highest BCUT2D eigenvalue weighted by atomic mass is 16.6. The number of nitrogens with zero attached hydrogens (tertiary/aromatic N) is 1. The van der Waals surface area contributed by atoms with E-state index < -0.39 is 23.7 Å². The summed E-state index contributed by atoms with van der Waals surface area (Å²) in [4.78, 5) is 26.4. The van der Waals surface area contributed by atoms with E-state index in [1.165, 1.54) is 4.90 Å². The molecule has 1 amide bonds. The SMILES string of the molecule is C#CCO[C@@H]1C[C@@H](C(=O)OCc2ccccc2)N(C(=O)OC(C)(C)C)C1. The monoisotopic (exact) mass is 359 g/mol. The zero-order valence-corrected chi connectivity index (χ0v) is 15.4. The number of esters is 1. The van der Waals surface area contributed by atoms with Crippen molar-refractivity contribution in [2.75, 3.05) is 13.2 Å². The highest BCUT2D eigenvalue weighted by molar-refractivity contribution is 5.82. The molecule has 1 heterocycles. The van der Waals surface area contributed by atoms with Crippen LogP contribution in [0.25, 0.3) is 0 Å². The van der Waals surface area contributed by atoms with Crippen molar-refractivity contribution in [1.29, 1.82) is 0 Å². The second kappa shape index (κ2) is 8.72. The van der Waals surface area contributed by atoms with Crippen LogP contribution >= 0.6 is 0 Å². The number of benzene rings is 1. The number of carbonyl (C=O) groups is 2. The molecular formula is C20H25NO5. The zero-order chi connectivity index (χ0) is 19.2. The van der Waals surface area contributed by atoms with Gasteiger partial charge in [0.1, 0.15) is 24.9 Å². The standard InChI is InChI=1S/C20H25NO5/c1-5-11-24-16-12-17(21(13-16)19(23)26-20(2,3)4)18(22)25-14-15-9-7-6-8-10-15/h1,6-10,16-17H,11-14H2,2-4H3/t16-,17+/m1/s1. The number of ether oxygens (including phenoxy) is 3. The summed E-state index contributed by atoms with van der Waals surface area (Å²) in [5.41, 5.74) is 0.218. The predicted molar refractivity (Wildman–Crippen MR) is 96.2 cm³/mol. The summed E-state index contributed by atoms with van der Waals surface area (Å²) in [6, 6.07) is 8.61. The molecule has 6 heteroatoms. The average Bonchev–Trinajstić information content (AvgIpc) is 3.02. The number of hydrogen-bond donors (Lipinski definition) is 0. The van der Waals surface area contributed by atoms with Gasteiger partial charge in [-0.3, -0.25) is 4.90 Å². The molecule has 0 radical (unpaired) electrons. The second-order valence-electron chi connectivity index (χ2n) is 7.11. The van der Waals surface area contributed by atoms with E-state index >= 15 is 0 Å². The Balaban J connectivity index is 2.03. The Labute approximate surface area is 154 Å². The summed E-state index contributed by atoms with van der Waals surface area (Å²) in [6.07, 6.45) is 4.66. The van der Waals surface area contributed by atoms with Crippen LogP contribution < -0.4 is 0 Å². The van der Waals surface area contributed by atoms with Crippen LogP contribution in [0.4, 0.5) is 4.79 Å². The summed E-state index contributed by atoms with van der Waals surface area (Å²) in [5.74, 6) is 1.91. The van der Waals surface area contributed by atoms with Gasteiger partial charge in [0, 0.05) is 6.42 Å². The molecule has 6 nitrogen and oxygen atoms in total. The van der Waals surface area contributed by atoms with Gasteiger partial charge in [0.15, 0.2) is 0 Å². The van der Waals surface area contributed by atoms with Crippen LogP contribution in [0, 0.1) is 12.3 Å². The molecule has 2 atom stereocenters. The summed E-state index contributed by atoms with van der Waals surface area (Å²) in [6.45, 7) is 5.83. The minimum Gasteiger partial charge on any atom is -0.459 e. The second-order valence-corrected chi connectivity index (χ2v) is 7.11. The number of rotatable bonds is 5. The number of likely N-dealkylation sites (tertiary alicyclic amines) is 1. The van der Waals surface area contributed by atoms with E-state index in [1.807, 2.05) is 30.3 Å². The van der Waals surface area contributed by atoms with Crippen molar-refractivity contribution in [3.05, 3.63) is 35.9 Å². The van der Waals surface area contributed by atoms with Crippen molar-refractivity contribution in [2.24, 2.45) is 0 Å². The first-order valence-corrected chi connectivity index (χ1v) is 8.55. The van der Waals surface area contributed by atoms with Gasteiger partial charge in [0.2, 0.25) is 0 Å². The lowest BCUT2D eigenvalue weighted by Gasteiger charge is -2.27. The number of terminal acetylenes is 1. The van der Waals surface area contributed by atoms with Gasteiger partial charge in [0.25, 0.3) is 0 Å². The van der Waals surface area contributed by atoms with Gasteiger partial charge in [-0.15, -0.1) is 6.42 Å². The molecule has 1 fully saturated rings. The fourth-order valence-electron chi connectivity index (χ4n) is 2.65. The first-order valence-electron chi connectivity index (χ1n) is 8.55. The fraction of sp³-hybridized carbons (Fsp3) is 0.500. The maximum atomic E-state index is 12.6. The number of amides is 1. The lowest BCUT2D eigenvalue weighted by molar-refractivity contribution is -0.150. The molecule has 1 aromatic carbocycles. The van der Waals surface area contributed by atoms with Gasteiger partial charge in [0.05, 0.1) is 12.6 Å². The first-order chi connectivity index (χ1) is 12.3. The maximum Gasteiger partial charge on any atom is 0.411 e. The van der Waals surface area contributed by atoms with Crippen LogP contribution in [0.1, 0.15) is 32.8 Å². The van der Waals surface area contributed by atoms with Crippen molar-refractivity contribution < 1.29 is 23.8 Å². The Hall–Kier alpha value is -2.52. The van der Waals surface area contributed by atoms with Gasteiger partial charge in [-0.05, 0) is 26.3 Å². The predicted octanol–water partition coefficient (Wildman–Crippen LogP) is 2.76. The largest absolute Gasteiger partial charge is 0.459 e. The van der Waals surface area contributed by atoms with E-state index in [2.05, 4.69) is 5.92 Å². The molecule has 1 aromatic rings. The van der Waals surface area contributed by atoms with E-state index in [0.29, 0.717) is 6.42 Å². The molecule has 0 spiro atoms. The molecule has 0 saturated carbocycles. The van der Waals surface area contributed by atoms with Crippen LogP contribution in [0.3, 0.4) is 0 Å². The van der Waals surface area contributed by atoms with Gasteiger partial charge in [-0.1, -0.05) is 36.3 Å². The van der Waals surface area contributed by atoms with Crippen molar-refractivity contribution >= 4 is 12.1 Å². The first kappa shape index (κ1) is 19.8. The van der Waals surface area contributed by atoms with Crippen LogP contribution in [0.15, 0.2) is 30.3 Å². The topological polar surface area (TPSA) is 65.1 Å². The minimum absolute atomic E-state index is 0.124. The van der Waals surface area contributed by atoms with Crippen LogP contribution in [-0.4, -0.2) is 47.9 Å². The molecule has 0 bridgehead atoms. The zero-order valence-electron chi connectivity index (χ0n) is 15.4. The molecule has 1 aliphatic heterocycles. The summed E-state index contributed by atoms with van der Waals surface area (Å²) < 4.78 is 16.3. The summed E-state index contributed by atoms with van der Waals surface area (Å²) >= 11 is 0. The highest BCUT2D eigenvalue weighted by Gasteiger charge is 2.42. The summed E-state index contributed by atoms with van der Waals surface area (Å²) in [7, 11) is 0. The summed E-state index contributed by atoms with van der Waals surface area (Å²) in [5, 5.41) is 0. The molecule has 1 aliphatic rings. The molecule has 0 aliphatic carbocycles. The lowest BCUT2D eigenvalue weighted by Crippen LogP contribution is -2.44. The minimum atomic E-state index is -0.753. The normalized spacial score (nSPS) is 19.7. The van der Waals surface area contributed by atoms with Crippen molar-refractivity contribution in [2.45, 2.75) is 51.5 Å². The Morgan fingerprint density at radius 1 is 1.27 bits per heavy atom. The fourth-order valence-corrected chi connectivity index (χ4v) is 2.65. The van der Waals surface area contributed by atoms with Gasteiger partial charge >= 0.3 is 12.1 Å². The molecule has 26 heavy (non-hydrogen) atoms. The Bertz CT molecular complexity index is 659. The number of hydrogen-bond acceptors (Lipinski definition) is 5. The molecule has 0 N–H and O–H groups in total. The van der Waals surface area contributed by atoms with E-state index in [1.54, 1.807) is 20.8 Å². The average molecular weight is 359 g/mol. The Morgan fingerprint density at radius 3 is 2.58 bits per heavy atom. The Morgan fingerprint density at radius 2 is 1.96 bits per heavy atom. The smallest absolute Gasteiger partial charge is 0.411 e. The molecular weight excluding hydrogens is 334 g/mol. The highest BCUT2D eigenvalue weighted by Crippen LogP contribution is 2.24. The van der Waals surface area contributed by atoms with Crippen molar-refractivity contribution in [1.82, 2.24) is 4.90 Å². The van der Waals surface area contributed by atoms with Gasteiger partial charge < -0.3 is 14.2 Å².